The second-order valence-electron chi connectivity index (χ2n) is 6.86. The van der Waals surface area contributed by atoms with Gasteiger partial charge < -0.3 is 10.6 Å². The molecule has 3 N–H and O–H groups in total. The molecule has 0 radical (unpaired) electrons. The van der Waals surface area contributed by atoms with Crippen LogP contribution in [0.3, 0.4) is 0 Å². The van der Waals surface area contributed by atoms with Gasteiger partial charge in [-0.2, -0.15) is 5.10 Å². The minimum absolute atomic E-state index is 0.762. The highest BCUT2D eigenvalue weighted by Crippen LogP contribution is 2.16. The van der Waals surface area contributed by atoms with Gasteiger partial charge in [0.1, 0.15) is 5.84 Å². The smallest absolute Gasteiger partial charge is 0.151 e. The number of benzene rings is 2. The fraction of sp³-hybridized carbons (Fsp3) is 0.217. The van der Waals surface area contributed by atoms with Crippen LogP contribution in [0.2, 0.25) is 0 Å². The van der Waals surface area contributed by atoms with Gasteiger partial charge in [0.05, 0.1) is 6.54 Å². The Morgan fingerprint density at radius 2 is 1.50 bits per heavy atom. The first kappa shape index (κ1) is 18.0. The van der Waals surface area contributed by atoms with E-state index in [4.69, 9.17) is 0 Å². The number of nitrogens with one attached hydrogen (secondary N) is 3. The van der Waals surface area contributed by atoms with Crippen molar-refractivity contribution in [2.45, 2.75) is 12.8 Å². The number of nitrogens with zero attached hydrogens (tertiary/aromatic N) is 2. The summed E-state index contributed by atoms with van der Waals surface area (Å²) in [5, 5.41) is 14.2. The van der Waals surface area contributed by atoms with Crippen molar-refractivity contribution in [2.24, 2.45) is 4.99 Å². The van der Waals surface area contributed by atoms with E-state index in [1.54, 1.807) is 0 Å². The van der Waals surface area contributed by atoms with Gasteiger partial charge in [-0.25, -0.2) is 0 Å². The van der Waals surface area contributed by atoms with Gasteiger partial charge in [0.15, 0.2) is 5.82 Å². The maximum Gasteiger partial charge on any atom is 0.151 e. The summed E-state index contributed by atoms with van der Waals surface area (Å²) in [5.41, 5.74) is 5.04. The third kappa shape index (κ3) is 4.68. The molecule has 1 aliphatic rings. The van der Waals surface area contributed by atoms with Crippen molar-refractivity contribution in [1.29, 1.82) is 0 Å². The number of amidine groups is 1. The SMILES string of the molecule is C1=C(Cc2ccccc2)C(NCCNc2n[nH]cc2Cc2ccccc2)=NC1. The summed E-state index contributed by atoms with van der Waals surface area (Å²) < 4.78 is 0. The Balaban J connectivity index is 1.25. The summed E-state index contributed by atoms with van der Waals surface area (Å²) in [6.07, 6.45) is 5.95. The predicted molar refractivity (Wildman–Crippen MR) is 115 cm³/mol. The molecule has 2 aromatic carbocycles. The Kier molecular flexibility index (Phi) is 5.83. The van der Waals surface area contributed by atoms with Crippen LogP contribution < -0.4 is 10.6 Å². The molecule has 0 saturated carbocycles. The monoisotopic (exact) mass is 371 g/mol. The number of aliphatic imine (C=N–C) groups is 1. The van der Waals surface area contributed by atoms with Crippen LogP contribution in [0.15, 0.2) is 83.5 Å². The molecule has 3 aromatic rings. The van der Waals surface area contributed by atoms with Crippen molar-refractivity contribution in [2.75, 3.05) is 25.0 Å². The highest BCUT2D eigenvalue weighted by molar-refractivity contribution is 6.00. The van der Waals surface area contributed by atoms with E-state index in [0.29, 0.717) is 0 Å². The molecule has 0 unspecified atom stereocenters. The van der Waals surface area contributed by atoms with Crippen LogP contribution in [0.4, 0.5) is 5.82 Å². The Bertz CT molecular complexity index is 941. The minimum atomic E-state index is 0.762. The van der Waals surface area contributed by atoms with Crippen LogP contribution in [-0.2, 0) is 12.8 Å². The molecule has 142 valence electrons. The van der Waals surface area contributed by atoms with Gasteiger partial charge in [-0.15, -0.1) is 0 Å². The fourth-order valence-electron chi connectivity index (χ4n) is 3.37. The van der Waals surface area contributed by atoms with E-state index in [1.165, 1.54) is 22.3 Å². The topological polar surface area (TPSA) is 65.1 Å². The van der Waals surface area contributed by atoms with Crippen LogP contribution in [0.5, 0.6) is 0 Å². The number of H-pyrrole nitrogens is 1. The summed E-state index contributed by atoms with van der Waals surface area (Å²) in [6.45, 7) is 2.34. The molecule has 0 fully saturated rings. The summed E-state index contributed by atoms with van der Waals surface area (Å²) in [4.78, 5) is 4.58. The van der Waals surface area contributed by atoms with E-state index in [2.05, 4.69) is 80.4 Å². The summed E-state index contributed by atoms with van der Waals surface area (Å²) in [7, 11) is 0. The first-order valence-corrected chi connectivity index (χ1v) is 9.70. The number of rotatable bonds is 8. The number of hydrogen-bond acceptors (Lipinski definition) is 4. The second kappa shape index (κ2) is 9.04. The number of aromatic amines is 1. The molecule has 28 heavy (non-hydrogen) atoms. The molecule has 5 heteroatoms. The van der Waals surface area contributed by atoms with E-state index in [0.717, 1.165) is 44.1 Å². The predicted octanol–water partition coefficient (Wildman–Crippen LogP) is 3.58. The third-order valence-electron chi connectivity index (χ3n) is 4.80. The first-order valence-electron chi connectivity index (χ1n) is 9.70. The molecule has 2 heterocycles. The summed E-state index contributed by atoms with van der Waals surface area (Å²) >= 11 is 0. The zero-order valence-electron chi connectivity index (χ0n) is 15.9. The van der Waals surface area contributed by atoms with Crippen molar-refractivity contribution in [3.63, 3.8) is 0 Å². The Morgan fingerprint density at radius 3 is 2.25 bits per heavy atom. The van der Waals surface area contributed by atoms with Gasteiger partial charge in [-0.05, 0) is 16.7 Å². The van der Waals surface area contributed by atoms with Gasteiger partial charge in [-0.3, -0.25) is 10.1 Å². The minimum Gasteiger partial charge on any atom is -0.368 e. The lowest BCUT2D eigenvalue weighted by molar-refractivity contribution is 0.892. The zero-order chi connectivity index (χ0) is 19.0. The molecular weight excluding hydrogens is 346 g/mol. The van der Waals surface area contributed by atoms with Crippen molar-refractivity contribution >= 4 is 11.7 Å². The van der Waals surface area contributed by atoms with Crippen molar-refractivity contribution in [1.82, 2.24) is 15.5 Å². The van der Waals surface area contributed by atoms with Crippen molar-refractivity contribution < 1.29 is 0 Å². The highest BCUT2D eigenvalue weighted by Gasteiger charge is 2.12. The molecule has 0 bridgehead atoms. The normalized spacial score (nSPS) is 13.1. The zero-order valence-corrected chi connectivity index (χ0v) is 15.9. The Labute approximate surface area is 165 Å². The Morgan fingerprint density at radius 1 is 0.821 bits per heavy atom. The van der Waals surface area contributed by atoms with E-state index >= 15 is 0 Å². The van der Waals surface area contributed by atoms with Crippen LogP contribution in [0, 0.1) is 0 Å². The maximum absolute atomic E-state index is 4.58. The molecule has 1 aromatic heterocycles. The number of anilines is 1. The molecule has 1 aliphatic heterocycles. The molecule has 0 atom stereocenters. The Hall–Kier alpha value is -3.34. The average molecular weight is 371 g/mol. The van der Waals surface area contributed by atoms with Crippen LogP contribution >= 0.6 is 0 Å². The van der Waals surface area contributed by atoms with Crippen LogP contribution in [-0.4, -0.2) is 35.7 Å². The lowest BCUT2D eigenvalue weighted by Crippen LogP contribution is -2.29. The molecule has 0 spiro atoms. The largest absolute Gasteiger partial charge is 0.368 e. The van der Waals surface area contributed by atoms with E-state index in [-0.39, 0.29) is 0 Å². The van der Waals surface area contributed by atoms with E-state index in [9.17, 15) is 0 Å². The van der Waals surface area contributed by atoms with Gasteiger partial charge in [0.25, 0.3) is 0 Å². The highest BCUT2D eigenvalue weighted by atomic mass is 15.2. The van der Waals surface area contributed by atoms with Gasteiger partial charge >= 0.3 is 0 Å². The lowest BCUT2D eigenvalue weighted by Gasteiger charge is -2.11. The molecule has 5 nitrogen and oxygen atoms in total. The third-order valence-corrected chi connectivity index (χ3v) is 4.80. The quantitative estimate of drug-likeness (QED) is 0.530. The van der Waals surface area contributed by atoms with Crippen molar-refractivity contribution in [3.05, 3.63) is 95.2 Å². The molecular formula is C23H25N5. The summed E-state index contributed by atoms with van der Waals surface area (Å²) in [5.74, 6) is 1.93. The summed E-state index contributed by atoms with van der Waals surface area (Å²) in [6, 6.07) is 21.0. The first-order chi connectivity index (χ1) is 13.9. The van der Waals surface area contributed by atoms with Crippen LogP contribution in [0.25, 0.3) is 0 Å². The fourth-order valence-corrected chi connectivity index (χ4v) is 3.37. The van der Waals surface area contributed by atoms with E-state index in [1.807, 2.05) is 18.3 Å². The van der Waals surface area contributed by atoms with Crippen molar-refractivity contribution in [3.8, 4) is 0 Å². The van der Waals surface area contributed by atoms with Gasteiger partial charge in [0, 0.05) is 37.7 Å². The number of hydrogen-bond donors (Lipinski definition) is 3. The molecule has 4 rings (SSSR count). The standard InChI is InChI=1S/C23H25N5/c1-3-7-18(8-4-1)15-20-11-12-24-22(20)25-13-14-26-23-21(17-27-28-23)16-19-9-5-2-6-10-19/h1-11,17H,12-16H2,(H,24,25)(H2,26,27,28). The maximum atomic E-state index is 4.58. The molecule has 0 amide bonds. The van der Waals surface area contributed by atoms with Crippen LogP contribution in [0.1, 0.15) is 16.7 Å². The van der Waals surface area contributed by atoms with E-state index < -0.39 is 0 Å². The second-order valence-corrected chi connectivity index (χ2v) is 6.86. The lowest BCUT2D eigenvalue weighted by atomic mass is 10.0. The molecule has 0 saturated heterocycles. The van der Waals surface area contributed by atoms with Gasteiger partial charge in [-0.1, -0.05) is 66.7 Å². The van der Waals surface area contributed by atoms with Gasteiger partial charge in [0.2, 0.25) is 0 Å². The average Bonchev–Trinajstić information content (AvgIpc) is 3.36. The molecule has 0 aliphatic carbocycles. The number of aromatic nitrogens is 2.